The molecule has 0 amide bonds. The number of nitrogen functional groups attached to an aromatic ring is 1. The van der Waals surface area contributed by atoms with Gasteiger partial charge in [0.25, 0.3) is 0 Å². The lowest BCUT2D eigenvalue weighted by Crippen LogP contribution is -2.09. The van der Waals surface area contributed by atoms with E-state index in [0.29, 0.717) is 21.5 Å². The standard InChI is InChI=1S/C16H13BrN6O/c1-8(12-11(24)6-9-4-2-3-5-10(9)20-12)23-7-19-13-14(17)21-16(18)22-15(13)23/h2-8,24H,1H3,(H2,18,21,22). The number of aromatic nitrogens is 5. The van der Waals surface area contributed by atoms with Crippen molar-refractivity contribution in [3.63, 3.8) is 0 Å². The van der Waals surface area contributed by atoms with E-state index in [2.05, 4.69) is 35.9 Å². The molecule has 24 heavy (non-hydrogen) atoms. The topological polar surface area (TPSA) is 103 Å². The van der Waals surface area contributed by atoms with Gasteiger partial charge in [-0.15, -0.1) is 0 Å². The number of hydrogen-bond acceptors (Lipinski definition) is 6. The maximum Gasteiger partial charge on any atom is 0.223 e. The molecular weight excluding hydrogens is 372 g/mol. The van der Waals surface area contributed by atoms with Gasteiger partial charge < -0.3 is 15.4 Å². The van der Waals surface area contributed by atoms with Gasteiger partial charge in [-0.1, -0.05) is 18.2 Å². The van der Waals surface area contributed by atoms with Crippen LogP contribution in [0.5, 0.6) is 5.75 Å². The molecule has 1 aromatic carbocycles. The maximum atomic E-state index is 10.4. The summed E-state index contributed by atoms with van der Waals surface area (Å²) in [5.41, 5.74) is 8.28. The molecule has 120 valence electrons. The first-order valence-corrected chi connectivity index (χ1v) is 8.08. The third kappa shape index (κ3) is 2.26. The van der Waals surface area contributed by atoms with Crippen LogP contribution in [0.2, 0.25) is 0 Å². The van der Waals surface area contributed by atoms with E-state index in [0.717, 1.165) is 10.9 Å². The van der Waals surface area contributed by atoms with Crippen LogP contribution in [0.1, 0.15) is 18.7 Å². The van der Waals surface area contributed by atoms with E-state index >= 15 is 0 Å². The van der Waals surface area contributed by atoms with Crippen LogP contribution in [0.4, 0.5) is 5.95 Å². The Morgan fingerprint density at radius 1 is 1.21 bits per heavy atom. The van der Waals surface area contributed by atoms with Gasteiger partial charge in [0.2, 0.25) is 5.95 Å². The predicted molar refractivity (Wildman–Crippen MR) is 94.7 cm³/mol. The molecule has 4 rings (SSSR count). The van der Waals surface area contributed by atoms with Crippen LogP contribution in [0.15, 0.2) is 41.3 Å². The zero-order chi connectivity index (χ0) is 16.8. The van der Waals surface area contributed by atoms with Crippen molar-refractivity contribution in [2.45, 2.75) is 13.0 Å². The molecule has 0 saturated heterocycles. The second-order valence-electron chi connectivity index (χ2n) is 5.46. The predicted octanol–water partition coefficient (Wildman–Crippen LogP) is 3.03. The summed E-state index contributed by atoms with van der Waals surface area (Å²) in [6, 6.07) is 9.08. The monoisotopic (exact) mass is 384 g/mol. The van der Waals surface area contributed by atoms with Gasteiger partial charge in [-0.25, -0.2) is 15.0 Å². The molecule has 4 aromatic rings. The fraction of sp³-hybridized carbons (Fsp3) is 0.125. The second kappa shape index (κ2) is 5.41. The maximum absolute atomic E-state index is 10.4. The first-order chi connectivity index (χ1) is 11.5. The Kier molecular flexibility index (Phi) is 3.34. The SMILES string of the molecule is CC(c1nc2ccccc2cc1O)n1cnc2c(Br)nc(N)nc21. The minimum Gasteiger partial charge on any atom is -0.506 e. The van der Waals surface area contributed by atoms with E-state index in [1.165, 1.54) is 0 Å². The van der Waals surface area contributed by atoms with Crippen LogP contribution in [0.3, 0.4) is 0 Å². The molecule has 0 spiro atoms. The summed E-state index contributed by atoms with van der Waals surface area (Å²) < 4.78 is 2.35. The highest BCUT2D eigenvalue weighted by Gasteiger charge is 2.19. The smallest absolute Gasteiger partial charge is 0.223 e. The highest BCUT2D eigenvalue weighted by molar-refractivity contribution is 9.10. The van der Waals surface area contributed by atoms with Gasteiger partial charge in [0, 0.05) is 5.39 Å². The van der Waals surface area contributed by atoms with E-state index < -0.39 is 0 Å². The Morgan fingerprint density at radius 2 is 2.00 bits per heavy atom. The summed E-state index contributed by atoms with van der Waals surface area (Å²) in [6.45, 7) is 1.92. The minimum absolute atomic E-state index is 0.129. The van der Waals surface area contributed by atoms with Crippen LogP contribution in [-0.2, 0) is 0 Å². The Bertz CT molecular complexity index is 1080. The Labute approximate surface area is 145 Å². The van der Waals surface area contributed by atoms with E-state index in [1.54, 1.807) is 12.4 Å². The summed E-state index contributed by atoms with van der Waals surface area (Å²) in [7, 11) is 0. The number of benzene rings is 1. The van der Waals surface area contributed by atoms with Crippen molar-refractivity contribution in [2.75, 3.05) is 5.73 Å². The summed E-state index contributed by atoms with van der Waals surface area (Å²) >= 11 is 3.34. The number of para-hydroxylation sites is 1. The average molecular weight is 385 g/mol. The number of imidazole rings is 1. The number of nitrogens with two attached hydrogens (primary N) is 1. The molecular formula is C16H13BrN6O. The zero-order valence-electron chi connectivity index (χ0n) is 12.7. The molecule has 0 aliphatic rings. The van der Waals surface area contributed by atoms with Crippen LogP contribution in [0, 0.1) is 0 Å². The summed E-state index contributed by atoms with van der Waals surface area (Å²) in [6.07, 6.45) is 1.64. The van der Waals surface area contributed by atoms with E-state index in [1.807, 2.05) is 35.8 Å². The first-order valence-electron chi connectivity index (χ1n) is 7.29. The third-order valence-electron chi connectivity index (χ3n) is 3.94. The largest absolute Gasteiger partial charge is 0.506 e. The molecule has 1 atom stereocenters. The summed E-state index contributed by atoms with van der Waals surface area (Å²) in [4.78, 5) is 17.2. The van der Waals surface area contributed by atoms with Crippen molar-refractivity contribution < 1.29 is 5.11 Å². The van der Waals surface area contributed by atoms with Gasteiger partial charge >= 0.3 is 0 Å². The fourth-order valence-electron chi connectivity index (χ4n) is 2.74. The molecule has 3 aromatic heterocycles. The molecule has 0 aliphatic heterocycles. The number of anilines is 1. The van der Waals surface area contributed by atoms with Crippen molar-refractivity contribution in [1.29, 1.82) is 0 Å². The van der Waals surface area contributed by atoms with E-state index in [-0.39, 0.29) is 17.7 Å². The minimum atomic E-state index is -0.277. The molecule has 3 N–H and O–H groups in total. The molecule has 1 unspecified atom stereocenters. The quantitative estimate of drug-likeness (QED) is 0.514. The fourth-order valence-corrected chi connectivity index (χ4v) is 3.20. The molecule has 0 fully saturated rings. The van der Waals surface area contributed by atoms with Crippen LogP contribution in [0.25, 0.3) is 22.1 Å². The highest BCUT2D eigenvalue weighted by Crippen LogP contribution is 2.31. The number of aromatic hydroxyl groups is 1. The van der Waals surface area contributed by atoms with Crippen molar-refractivity contribution in [1.82, 2.24) is 24.5 Å². The first kappa shape index (κ1) is 14.8. The Morgan fingerprint density at radius 3 is 2.83 bits per heavy atom. The van der Waals surface area contributed by atoms with Crippen LogP contribution in [-0.4, -0.2) is 29.6 Å². The van der Waals surface area contributed by atoms with Crippen molar-refractivity contribution in [2.24, 2.45) is 0 Å². The molecule has 0 radical (unpaired) electrons. The lowest BCUT2D eigenvalue weighted by molar-refractivity contribution is 0.453. The summed E-state index contributed by atoms with van der Waals surface area (Å²) in [5.74, 6) is 0.281. The lowest BCUT2D eigenvalue weighted by Gasteiger charge is -2.15. The molecule has 0 bridgehead atoms. The second-order valence-corrected chi connectivity index (χ2v) is 6.21. The third-order valence-corrected chi connectivity index (χ3v) is 4.49. The summed E-state index contributed by atoms with van der Waals surface area (Å²) in [5, 5.41) is 11.3. The number of fused-ring (bicyclic) bond motifs is 2. The van der Waals surface area contributed by atoms with Gasteiger partial charge in [-0.05, 0) is 35.0 Å². The number of nitrogens with zero attached hydrogens (tertiary/aromatic N) is 5. The number of halogens is 1. The Balaban J connectivity index is 1.90. The number of rotatable bonds is 2. The number of pyridine rings is 1. The van der Waals surface area contributed by atoms with Crippen molar-refractivity contribution in [3.05, 3.63) is 47.0 Å². The van der Waals surface area contributed by atoms with Crippen molar-refractivity contribution in [3.8, 4) is 5.75 Å². The lowest BCUT2D eigenvalue weighted by atomic mass is 10.1. The van der Waals surface area contributed by atoms with Crippen LogP contribution < -0.4 is 5.73 Å². The normalized spacial score (nSPS) is 12.8. The van der Waals surface area contributed by atoms with Gasteiger partial charge in [-0.3, -0.25) is 0 Å². The molecule has 8 heteroatoms. The van der Waals surface area contributed by atoms with Gasteiger partial charge in [0.1, 0.15) is 21.6 Å². The number of hydrogen-bond donors (Lipinski definition) is 2. The molecule has 3 heterocycles. The molecule has 0 aliphatic carbocycles. The molecule has 7 nitrogen and oxygen atoms in total. The van der Waals surface area contributed by atoms with Crippen LogP contribution >= 0.6 is 15.9 Å². The molecule has 0 saturated carbocycles. The zero-order valence-corrected chi connectivity index (χ0v) is 14.3. The van der Waals surface area contributed by atoms with E-state index in [9.17, 15) is 5.11 Å². The van der Waals surface area contributed by atoms with Gasteiger partial charge in [0.05, 0.1) is 17.9 Å². The average Bonchev–Trinajstić information content (AvgIpc) is 2.97. The van der Waals surface area contributed by atoms with Crippen molar-refractivity contribution >= 4 is 43.9 Å². The van der Waals surface area contributed by atoms with Gasteiger partial charge in [-0.2, -0.15) is 4.98 Å². The highest BCUT2D eigenvalue weighted by atomic mass is 79.9. The Hall–Kier alpha value is -2.74. The van der Waals surface area contributed by atoms with E-state index in [4.69, 9.17) is 5.73 Å². The van der Waals surface area contributed by atoms with Gasteiger partial charge in [0.15, 0.2) is 5.65 Å².